The Labute approximate surface area is 46.8 Å². The van der Waals surface area contributed by atoms with Crippen LogP contribution >= 0.6 is 0 Å². The molecular formula is O5V-10. The summed E-state index contributed by atoms with van der Waals surface area (Å²) in [6.07, 6.45) is 0. The largest absolute Gasteiger partial charge is 2.00 e. The summed E-state index contributed by atoms with van der Waals surface area (Å²) in [5, 5.41) is 0. The predicted molar refractivity (Wildman–Crippen MR) is 3.43 cm³/mol. The molecule has 0 saturated carbocycles. The maximum atomic E-state index is 0. The first-order chi connectivity index (χ1) is 0. The van der Waals surface area contributed by atoms with Crippen molar-refractivity contribution in [2.45, 2.75) is 0 Å². The van der Waals surface area contributed by atoms with Crippen molar-refractivity contribution >= 4 is 0 Å². The summed E-state index contributed by atoms with van der Waals surface area (Å²) in [7, 11) is 0. The third-order valence-corrected chi connectivity index (χ3v) is 0. The van der Waals surface area contributed by atoms with Gasteiger partial charge >= 0.3 is 0 Å². The van der Waals surface area contributed by atoms with Crippen LogP contribution in [-0.4, -0.2) is 0 Å². The van der Waals surface area contributed by atoms with E-state index in [1.807, 2.05) is 0 Å². The molecule has 0 aliphatic heterocycles. The molecule has 6 heteroatoms. The van der Waals surface area contributed by atoms with Crippen LogP contribution in [0.15, 0.2) is 0 Å². The smallest absolute Gasteiger partial charge is 0 e. The van der Waals surface area contributed by atoms with E-state index in [0.29, 0.717) is 0 Å². The van der Waals surface area contributed by atoms with Crippen molar-refractivity contribution in [1.29, 1.82) is 0 Å². The minimum absolute atomic E-state index is 0. The first-order valence-corrected chi connectivity index (χ1v) is 0. The minimum atomic E-state index is 0. The third kappa shape index (κ3) is 340. The first-order valence-electron chi connectivity index (χ1n) is 0. The van der Waals surface area contributed by atoms with Crippen molar-refractivity contribution in [3.63, 3.8) is 0 Å². The molecule has 0 bridgehead atoms. The van der Waals surface area contributed by atoms with Crippen LogP contribution in [0.5, 0.6) is 0 Å². The monoisotopic (exact) mass is 131 g/mol. The predicted octanol–water partition coefficient (Wildman–Crippen LogP) is -0.596. The van der Waals surface area contributed by atoms with E-state index < -0.39 is 0 Å². The van der Waals surface area contributed by atoms with Crippen LogP contribution in [0.3, 0.4) is 0 Å². The molecule has 0 spiro atoms. The van der Waals surface area contributed by atoms with E-state index >= 15 is 0 Å². The molecule has 0 aromatic rings. The second-order valence-electron chi connectivity index (χ2n) is 0. The van der Waals surface area contributed by atoms with E-state index in [1.54, 1.807) is 0 Å². The maximum Gasteiger partial charge on any atom is 0 e. The molecule has 0 atom stereocenters. The molecule has 0 aliphatic rings. The van der Waals surface area contributed by atoms with Gasteiger partial charge in [0.1, 0.15) is 0 Å². The fourth-order valence-corrected chi connectivity index (χ4v) is 0. The zero-order valence-corrected chi connectivity index (χ0v) is 3.89. The molecule has 0 rings (SSSR count). The Kier molecular flexibility index (Phi) is 146000. The Morgan fingerprint density at radius 1 is 0.333 bits per heavy atom. The fraction of sp³-hybridized carbons (Fsp3) is 0. The van der Waals surface area contributed by atoms with Crippen molar-refractivity contribution in [2.75, 3.05) is 0 Å². The molecule has 0 heterocycles. The van der Waals surface area contributed by atoms with Gasteiger partial charge in [-0.25, -0.2) is 0 Å². The van der Waals surface area contributed by atoms with Crippen LogP contribution in [0, 0.1) is 0 Å². The summed E-state index contributed by atoms with van der Waals surface area (Å²) >= 11 is 0. The van der Waals surface area contributed by atoms with Crippen molar-refractivity contribution in [3.05, 3.63) is 0 Å². The van der Waals surface area contributed by atoms with E-state index in [4.69, 9.17) is 0 Å². The molecule has 1 radical (unpaired) electrons. The van der Waals surface area contributed by atoms with Gasteiger partial charge in [0, 0.05) is 18.6 Å². The molecule has 0 amide bonds. The molecule has 0 fully saturated rings. The molecule has 6 heavy (non-hydrogen) atoms. The van der Waals surface area contributed by atoms with Crippen LogP contribution in [0.4, 0.5) is 0 Å². The zero-order valence-electron chi connectivity index (χ0n) is 2.49. The van der Waals surface area contributed by atoms with E-state index in [-0.39, 0.29) is 45.9 Å². The Bertz CT molecular complexity index is 3.90. The van der Waals surface area contributed by atoms with Gasteiger partial charge < -0.3 is 27.4 Å². The SMILES string of the molecule is [O-2].[O-2].[O-2].[O-2].[O-2].[V]. The fourth-order valence-electron chi connectivity index (χ4n) is 0. The maximum absolute atomic E-state index is 0. The summed E-state index contributed by atoms with van der Waals surface area (Å²) in [6, 6.07) is 0. The van der Waals surface area contributed by atoms with Crippen molar-refractivity contribution < 1.29 is 45.9 Å². The summed E-state index contributed by atoms with van der Waals surface area (Å²) < 4.78 is 0. The van der Waals surface area contributed by atoms with Gasteiger partial charge in [0.15, 0.2) is 0 Å². The van der Waals surface area contributed by atoms with Crippen LogP contribution in [0.2, 0.25) is 0 Å². The van der Waals surface area contributed by atoms with Gasteiger partial charge in [-0.3, -0.25) is 0 Å². The molecule has 0 aromatic heterocycles. The van der Waals surface area contributed by atoms with Gasteiger partial charge in [-0.05, 0) is 0 Å². The summed E-state index contributed by atoms with van der Waals surface area (Å²) in [6.45, 7) is 0. The Morgan fingerprint density at radius 3 is 0.333 bits per heavy atom. The van der Waals surface area contributed by atoms with Crippen LogP contribution < -0.4 is 0 Å². The number of hydrogen-bond acceptors (Lipinski definition) is 0. The average molecular weight is 131 g/mol. The van der Waals surface area contributed by atoms with E-state index in [1.165, 1.54) is 0 Å². The third-order valence-electron chi connectivity index (χ3n) is 0. The number of hydrogen-bond donors (Lipinski definition) is 0. The summed E-state index contributed by atoms with van der Waals surface area (Å²) in [5.41, 5.74) is 0. The molecule has 5 nitrogen and oxygen atoms in total. The van der Waals surface area contributed by atoms with Crippen LogP contribution in [0.25, 0.3) is 0 Å². The second kappa shape index (κ2) is 700. The molecule has 0 aromatic carbocycles. The van der Waals surface area contributed by atoms with Crippen molar-refractivity contribution in [3.8, 4) is 0 Å². The quantitative estimate of drug-likeness (QED) is 0.413. The van der Waals surface area contributed by atoms with E-state index in [2.05, 4.69) is 0 Å². The van der Waals surface area contributed by atoms with Gasteiger partial charge in [-0.2, -0.15) is 0 Å². The molecule has 0 saturated heterocycles. The molecule has 0 unspecified atom stereocenters. The molecule has 0 aliphatic carbocycles. The Hall–Kier alpha value is 0.384. The molecular weight excluding hydrogens is 131 g/mol. The Balaban J connectivity index is 0. The first kappa shape index (κ1) is 1250. The van der Waals surface area contributed by atoms with Gasteiger partial charge in [0.25, 0.3) is 0 Å². The normalized spacial score (nSPS) is 0. The van der Waals surface area contributed by atoms with E-state index in [9.17, 15) is 0 Å². The topological polar surface area (TPSA) is 142 Å². The molecule has 45 valence electrons. The Morgan fingerprint density at radius 2 is 0.333 bits per heavy atom. The van der Waals surface area contributed by atoms with Gasteiger partial charge in [0.05, 0.1) is 0 Å². The standard InChI is InChI=1S/5O.V/q5*-2;. The molecule has 0 N–H and O–H groups in total. The number of rotatable bonds is 0. The van der Waals surface area contributed by atoms with E-state index in [0.717, 1.165) is 0 Å². The van der Waals surface area contributed by atoms with Crippen molar-refractivity contribution in [1.82, 2.24) is 0 Å². The minimum Gasteiger partial charge on any atom is -2.00 e. The average Bonchev–Trinajstić information content (AvgIpc) is 0. The van der Waals surface area contributed by atoms with Gasteiger partial charge in [0.2, 0.25) is 0 Å². The van der Waals surface area contributed by atoms with Gasteiger partial charge in [-0.1, -0.05) is 0 Å². The van der Waals surface area contributed by atoms with Gasteiger partial charge in [-0.15, -0.1) is 0 Å². The zero-order chi connectivity index (χ0) is 0. The second-order valence-corrected chi connectivity index (χ2v) is 0. The summed E-state index contributed by atoms with van der Waals surface area (Å²) in [4.78, 5) is 0. The van der Waals surface area contributed by atoms with Crippen LogP contribution in [0.1, 0.15) is 0 Å². The summed E-state index contributed by atoms with van der Waals surface area (Å²) in [5.74, 6) is 0. The van der Waals surface area contributed by atoms with Crippen LogP contribution in [-0.2, 0) is 45.9 Å². The van der Waals surface area contributed by atoms with Crippen molar-refractivity contribution in [2.24, 2.45) is 0 Å².